The summed E-state index contributed by atoms with van der Waals surface area (Å²) >= 11 is 0. The highest BCUT2D eigenvalue weighted by Gasteiger charge is 2.21. The number of rotatable bonds is 7. The van der Waals surface area contributed by atoms with E-state index in [9.17, 15) is 5.11 Å². The lowest BCUT2D eigenvalue weighted by Crippen LogP contribution is -2.39. The van der Waals surface area contributed by atoms with Gasteiger partial charge in [-0.25, -0.2) is 0 Å². The molecule has 0 bridgehead atoms. The van der Waals surface area contributed by atoms with E-state index in [-0.39, 0.29) is 0 Å². The molecule has 1 aromatic heterocycles. The van der Waals surface area contributed by atoms with E-state index in [1.54, 1.807) is 0 Å². The summed E-state index contributed by atoms with van der Waals surface area (Å²) < 4.78 is 0. The van der Waals surface area contributed by atoms with Crippen LogP contribution in [0.15, 0.2) is 18.3 Å². The molecule has 17 heavy (non-hydrogen) atoms. The fraction of sp³-hybridized carbons (Fsp3) is 0.643. The SMILES string of the molecule is CCc1cccnc1CNCC(O)(CC)CC. The van der Waals surface area contributed by atoms with Crippen LogP contribution in [0.4, 0.5) is 0 Å². The number of aromatic nitrogens is 1. The van der Waals surface area contributed by atoms with E-state index in [2.05, 4.69) is 23.3 Å². The van der Waals surface area contributed by atoms with E-state index in [0.717, 1.165) is 31.5 Å². The second kappa shape index (κ2) is 6.72. The second-order valence-corrected chi connectivity index (χ2v) is 4.50. The molecule has 0 aliphatic rings. The molecule has 0 saturated carbocycles. The maximum atomic E-state index is 10.2. The summed E-state index contributed by atoms with van der Waals surface area (Å²) in [4.78, 5) is 4.38. The molecule has 1 rings (SSSR count). The summed E-state index contributed by atoms with van der Waals surface area (Å²) in [5.74, 6) is 0. The topological polar surface area (TPSA) is 45.2 Å². The number of aliphatic hydroxyl groups is 1. The van der Waals surface area contributed by atoms with Gasteiger partial charge in [0, 0.05) is 19.3 Å². The van der Waals surface area contributed by atoms with Crippen molar-refractivity contribution in [1.82, 2.24) is 10.3 Å². The lowest BCUT2D eigenvalue weighted by atomic mass is 9.97. The third-order valence-electron chi connectivity index (χ3n) is 3.43. The van der Waals surface area contributed by atoms with Gasteiger partial charge < -0.3 is 10.4 Å². The van der Waals surface area contributed by atoms with E-state index >= 15 is 0 Å². The van der Waals surface area contributed by atoms with Gasteiger partial charge in [0.25, 0.3) is 0 Å². The number of pyridine rings is 1. The van der Waals surface area contributed by atoms with Crippen LogP contribution < -0.4 is 5.32 Å². The van der Waals surface area contributed by atoms with Crippen molar-refractivity contribution in [2.24, 2.45) is 0 Å². The lowest BCUT2D eigenvalue weighted by molar-refractivity contribution is 0.0322. The van der Waals surface area contributed by atoms with Crippen LogP contribution in [0.3, 0.4) is 0 Å². The zero-order valence-electron chi connectivity index (χ0n) is 11.2. The molecule has 0 atom stereocenters. The van der Waals surface area contributed by atoms with Crippen molar-refractivity contribution in [3.63, 3.8) is 0 Å². The first kappa shape index (κ1) is 14.1. The molecule has 0 spiro atoms. The quantitative estimate of drug-likeness (QED) is 0.763. The van der Waals surface area contributed by atoms with Crippen LogP contribution in [-0.4, -0.2) is 22.2 Å². The van der Waals surface area contributed by atoms with Crippen LogP contribution in [0.2, 0.25) is 0 Å². The normalized spacial score (nSPS) is 11.8. The molecular formula is C14H24N2O. The van der Waals surface area contributed by atoms with Gasteiger partial charge in [0.1, 0.15) is 0 Å². The Labute approximate surface area is 104 Å². The van der Waals surface area contributed by atoms with Crippen molar-refractivity contribution in [2.45, 2.75) is 52.2 Å². The van der Waals surface area contributed by atoms with Crippen molar-refractivity contribution >= 4 is 0 Å². The van der Waals surface area contributed by atoms with Crippen molar-refractivity contribution < 1.29 is 5.11 Å². The maximum absolute atomic E-state index is 10.2. The predicted molar refractivity (Wildman–Crippen MR) is 70.9 cm³/mol. The molecule has 3 nitrogen and oxygen atoms in total. The minimum atomic E-state index is -0.582. The second-order valence-electron chi connectivity index (χ2n) is 4.50. The first-order valence-electron chi connectivity index (χ1n) is 6.51. The molecule has 96 valence electrons. The summed E-state index contributed by atoms with van der Waals surface area (Å²) in [6, 6.07) is 4.08. The molecule has 0 amide bonds. The first-order valence-corrected chi connectivity index (χ1v) is 6.51. The third kappa shape index (κ3) is 4.10. The fourth-order valence-electron chi connectivity index (χ4n) is 1.87. The molecule has 0 unspecified atom stereocenters. The number of nitrogens with one attached hydrogen (secondary N) is 1. The molecule has 1 aromatic rings. The monoisotopic (exact) mass is 236 g/mol. The number of hydrogen-bond donors (Lipinski definition) is 2. The summed E-state index contributed by atoms with van der Waals surface area (Å²) in [5.41, 5.74) is 1.78. The van der Waals surface area contributed by atoms with Gasteiger partial charge in [0.2, 0.25) is 0 Å². The van der Waals surface area contributed by atoms with E-state index in [1.807, 2.05) is 26.1 Å². The Hall–Kier alpha value is -0.930. The van der Waals surface area contributed by atoms with E-state index in [4.69, 9.17) is 0 Å². The number of aryl methyl sites for hydroxylation is 1. The van der Waals surface area contributed by atoms with Crippen LogP contribution in [-0.2, 0) is 13.0 Å². The standard InChI is InChI=1S/C14H24N2O/c1-4-12-8-7-9-16-13(12)10-15-11-14(17,5-2)6-3/h7-9,15,17H,4-6,10-11H2,1-3H3. The van der Waals surface area contributed by atoms with Crippen LogP contribution in [0, 0.1) is 0 Å². The van der Waals surface area contributed by atoms with E-state index in [0.29, 0.717) is 6.54 Å². The van der Waals surface area contributed by atoms with Gasteiger partial charge in [-0.15, -0.1) is 0 Å². The predicted octanol–water partition coefficient (Wildman–Crippen LogP) is 2.28. The molecule has 2 N–H and O–H groups in total. The molecule has 0 aliphatic carbocycles. The van der Waals surface area contributed by atoms with Gasteiger partial charge in [0.15, 0.2) is 0 Å². The van der Waals surface area contributed by atoms with Crippen LogP contribution in [0.1, 0.15) is 44.9 Å². The first-order chi connectivity index (χ1) is 8.15. The Morgan fingerprint density at radius 2 is 2.00 bits per heavy atom. The highest BCUT2D eigenvalue weighted by Crippen LogP contribution is 2.13. The van der Waals surface area contributed by atoms with Crippen LogP contribution >= 0.6 is 0 Å². The minimum absolute atomic E-state index is 0.582. The van der Waals surface area contributed by atoms with Crippen molar-refractivity contribution in [1.29, 1.82) is 0 Å². The zero-order valence-corrected chi connectivity index (χ0v) is 11.2. The van der Waals surface area contributed by atoms with E-state index < -0.39 is 5.60 Å². The van der Waals surface area contributed by atoms with Crippen LogP contribution in [0.5, 0.6) is 0 Å². The Balaban J connectivity index is 2.51. The van der Waals surface area contributed by atoms with Gasteiger partial charge in [-0.2, -0.15) is 0 Å². The molecule has 0 saturated heterocycles. The lowest BCUT2D eigenvalue weighted by Gasteiger charge is -2.25. The fourth-order valence-corrected chi connectivity index (χ4v) is 1.87. The summed E-state index contributed by atoms with van der Waals surface area (Å²) in [7, 11) is 0. The Morgan fingerprint density at radius 3 is 2.59 bits per heavy atom. The van der Waals surface area contributed by atoms with E-state index in [1.165, 1.54) is 5.56 Å². The molecule has 3 heteroatoms. The summed E-state index contributed by atoms with van der Waals surface area (Å²) in [6.07, 6.45) is 4.37. The molecule has 0 radical (unpaired) electrons. The summed E-state index contributed by atoms with van der Waals surface area (Å²) in [5, 5.41) is 13.5. The zero-order chi connectivity index (χ0) is 12.7. The van der Waals surface area contributed by atoms with Gasteiger partial charge in [0.05, 0.1) is 11.3 Å². The third-order valence-corrected chi connectivity index (χ3v) is 3.43. The number of hydrogen-bond acceptors (Lipinski definition) is 3. The Morgan fingerprint density at radius 1 is 1.29 bits per heavy atom. The molecule has 1 heterocycles. The summed E-state index contributed by atoms with van der Waals surface area (Å²) in [6.45, 7) is 7.52. The van der Waals surface area contributed by atoms with Crippen molar-refractivity contribution in [3.05, 3.63) is 29.6 Å². The molecule has 0 aromatic carbocycles. The minimum Gasteiger partial charge on any atom is -0.389 e. The van der Waals surface area contributed by atoms with Crippen molar-refractivity contribution in [3.8, 4) is 0 Å². The average Bonchev–Trinajstić information content (AvgIpc) is 2.39. The number of nitrogens with zero attached hydrogens (tertiary/aromatic N) is 1. The average molecular weight is 236 g/mol. The molecule has 0 fully saturated rings. The Bertz CT molecular complexity index is 335. The van der Waals surface area contributed by atoms with Gasteiger partial charge >= 0.3 is 0 Å². The Kier molecular flexibility index (Phi) is 5.59. The highest BCUT2D eigenvalue weighted by molar-refractivity contribution is 5.19. The molecular weight excluding hydrogens is 212 g/mol. The van der Waals surface area contributed by atoms with Gasteiger partial charge in [-0.3, -0.25) is 4.98 Å². The molecule has 0 aliphatic heterocycles. The van der Waals surface area contributed by atoms with Crippen LogP contribution in [0.25, 0.3) is 0 Å². The van der Waals surface area contributed by atoms with Gasteiger partial charge in [-0.1, -0.05) is 26.8 Å². The van der Waals surface area contributed by atoms with Gasteiger partial charge in [-0.05, 0) is 30.9 Å². The highest BCUT2D eigenvalue weighted by atomic mass is 16.3. The smallest absolute Gasteiger partial charge is 0.0766 e. The van der Waals surface area contributed by atoms with Crippen molar-refractivity contribution in [2.75, 3.05) is 6.54 Å². The maximum Gasteiger partial charge on any atom is 0.0766 e. The largest absolute Gasteiger partial charge is 0.389 e.